The van der Waals surface area contributed by atoms with Crippen LogP contribution in [0.1, 0.15) is 59.8 Å². The zero-order valence-corrected chi connectivity index (χ0v) is 16.6. The van der Waals surface area contributed by atoms with Crippen LogP contribution in [0.2, 0.25) is 0 Å². The van der Waals surface area contributed by atoms with Gasteiger partial charge in [0.25, 0.3) is 0 Å². The second kappa shape index (κ2) is 9.95. The van der Waals surface area contributed by atoms with E-state index in [9.17, 15) is 9.59 Å². The van der Waals surface area contributed by atoms with E-state index in [0.717, 1.165) is 38.8 Å². The molecule has 0 aromatic rings. The van der Waals surface area contributed by atoms with Crippen LogP contribution in [0.25, 0.3) is 0 Å². The molecule has 2 aliphatic rings. The van der Waals surface area contributed by atoms with Crippen LogP contribution in [0, 0.1) is 5.92 Å². The highest BCUT2D eigenvalue weighted by Gasteiger charge is 2.33. The molecular weight excluding hydrogens is 332 g/mol. The van der Waals surface area contributed by atoms with Crippen molar-refractivity contribution < 1.29 is 19.1 Å². The number of nitrogens with one attached hydrogen (secondary N) is 1. The van der Waals surface area contributed by atoms with E-state index >= 15 is 0 Å². The van der Waals surface area contributed by atoms with Crippen molar-refractivity contribution in [3.05, 3.63) is 12.2 Å². The number of ether oxygens (including phenoxy) is 2. The number of carbonyl (C=O) groups is 2. The molecule has 0 unspecified atom stereocenters. The van der Waals surface area contributed by atoms with Crippen molar-refractivity contribution in [1.29, 1.82) is 0 Å². The molecule has 0 spiro atoms. The number of carbonyl (C=O) groups excluding carboxylic acids is 2. The molecule has 148 valence electrons. The lowest BCUT2D eigenvalue weighted by Gasteiger charge is -2.39. The van der Waals surface area contributed by atoms with Gasteiger partial charge in [-0.25, -0.2) is 4.79 Å². The normalized spacial score (nSPS) is 30.8. The van der Waals surface area contributed by atoms with E-state index in [1.165, 1.54) is 12.5 Å². The minimum atomic E-state index is -0.432. The average Bonchev–Trinajstić information content (AvgIpc) is 2.63. The Labute approximate surface area is 157 Å². The SMILES string of the molecule is CC[C@@H]1O[C@H](C)[C@H](NC(=O)/C=C\[C@H](C)OC(=O)N2CCCCC2)C[C@@H]1C. The number of hydrogen-bond donors (Lipinski definition) is 1. The molecule has 6 heteroatoms. The molecule has 1 N–H and O–H groups in total. The van der Waals surface area contributed by atoms with Crippen molar-refractivity contribution in [3.63, 3.8) is 0 Å². The summed E-state index contributed by atoms with van der Waals surface area (Å²) >= 11 is 0. The molecule has 6 nitrogen and oxygen atoms in total. The molecule has 0 bridgehead atoms. The molecule has 0 aliphatic carbocycles. The summed E-state index contributed by atoms with van der Waals surface area (Å²) in [4.78, 5) is 26.0. The van der Waals surface area contributed by atoms with Crippen LogP contribution in [0.5, 0.6) is 0 Å². The van der Waals surface area contributed by atoms with E-state index in [2.05, 4.69) is 19.2 Å². The lowest BCUT2D eigenvalue weighted by molar-refractivity contribution is -0.124. The van der Waals surface area contributed by atoms with Gasteiger partial charge < -0.3 is 19.7 Å². The zero-order chi connectivity index (χ0) is 19.1. The largest absolute Gasteiger partial charge is 0.442 e. The van der Waals surface area contributed by atoms with Crippen LogP contribution in [0.15, 0.2) is 12.2 Å². The maximum absolute atomic E-state index is 12.2. The predicted octanol–water partition coefficient (Wildman–Crippen LogP) is 3.26. The van der Waals surface area contributed by atoms with Gasteiger partial charge in [0.05, 0.1) is 18.2 Å². The third-order valence-corrected chi connectivity index (χ3v) is 5.37. The van der Waals surface area contributed by atoms with Gasteiger partial charge in [-0.1, -0.05) is 13.8 Å². The topological polar surface area (TPSA) is 67.9 Å². The van der Waals surface area contributed by atoms with Gasteiger partial charge in [-0.15, -0.1) is 0 Å². The Bertz CT molecular complexity index is 502. The molecule has 2 rings (SSSR count). The first-order valence-corrected chi connectivity index (χ1v) is 10.0. The molecule has 0 aromatic carbocycles. The molecule has 5 atom stereocenters. The molecule has 0 saturated carbocycles. The highest BCUT2D eigenvalue weighted by molar-refractivity contribution is 5.87. The summed E-state index contributed by atoms with van der Waals surface area (Å²) in [5, 5.41) is 3.01. The fourth-order valence-corrected chi connectivity index (χ4v) is 3.73. The predicted molar refractivity (Wildman–Crippen MR) is 101 cm³/mol. The summed E-state index contributed by atoms with van der Waals surface area (Å²) in [6.07, 6.45) is 7.76. The Balaban J connectivity index is 1.76. The first kappa shape index (κ1) is 20.7. The van der Waals surface area contributed by atoms with Crippen LogP contribution < -0.4 is 5.32 Å². The number of amides is 2. The standard InChI is InChI=1S/C20H34N2O4/c1-5-18-14(2)13-17(16(4)26-18)21-19(23)10-9-15(3)25-20(24)22-11-7-6-8-12-22/h9-10,14-18H,5-8,11-13H2,1-4H3,(H,21,23)/b10-9-/t14-,15-,16+,17+,18-/m0/s1. The molecule has 2 amide bonds. The van der Waals surface area contributed by atoms with Crippen LogP contribution in [-0.4, -0.2) is 54.3 Å². The summed E-state index contributed by atoms with van der Waals surface area (Å²) in [6, 6.07) is 0.0103. The Morgan fingerprint density at radius 1 is 1.27 bits per heavy atom. The van der Waals surface area contributed by atoms with E-state index in [0.29, 0.717) is 5.92 Å². The first-order valence-electron chi connectivity index (χ1n) is 10.0. The van der Waals surface area contributed by atoms with Crippen LogP contribution in [0.3, 0.4) is 0 Å². The van der Waals surface area contributed by atoms with E-state index in [1.54, 1.807) is 17.9 Å². The second-order valence-electron chi connectivity index (χ2n) is 7.61. The van der Waals surface area contributed by atoms with Gasteiger partial charge in [-0.2, -0.15) is 0 Å². The number of rotatable bonds is 5. The Morgan fingerprint density at radius 3 is 2.62 bits per heavy atom. The molecule has 2 saturated heterocycles. The third kappa shape index (κ3) is 6.01. The maximum Gasteiger partial charge on any atom is 0.410 e. The Hall–Kier alpha value is -1.56. The van der Waals surface area contributed by atoms with Crippen molar-refractivity contribution >= 4 is 12.0 Å². The summed E-state index contributed by atoms with van der Waals surface area (Å²) in [5.41, 5.74) is 0. The number of likely N-dealkylation sites (tertiary alicyclic amines) is 1. The van der Waals surface area contributed by atoms with Gasteiger partial charge in [0.15, 0.2) is 0 Å². The second-order valence-corrected chi connectivity index (χ2v) is 7.61. The van der Waals surface area contributed by atoms with Crippen molar-refractivity contribution in [2.45, 2.75) is 84.2 Å². The maximum atomic E-state index is 12.2. The average molecular weight is 367 g/mol. The number of hydrogen-bond acceptors (Lipinski definition) is 4. The van der Waals surface area contributed by atoms with Crippen molar-refractivity contribution in [2.75, 3.05) is 13.1 Å². The van der Waals surface area contributed by atoms with E-state index in [-0.39, 0.29) is 30.3 Å². The number of nitrogens with zero attached hydrogens (tertiary/aromatic N) is 1. The first-order chi connectivity index (χ1) is 12.4. The lowest BCUT2D eigenvalue weighted by atomic mass is 9.89. The molecule has 0 radical (unpaired) electrons. The van der Waals surface area contributed by atoms with Crippen molar-refractivity contribution in [1.82, 2.24) is 10.2 Å². The Morgan fingerprint density at radius 2 is 1.96 bits per heavy atom. The number of piperidine rings is 1. The smallest absolute Gasteiger partial charge is 0.410 e. The van der Waals surface area contributed by atoms with Gasteiger partial charge >= 0.3 is 6.09 Å². The highest BCUT2D eigenvalue weighted by Crippen LogP contribution is 2.26. The van der Waals surface area contributed by atoms with Crippen molar-refractivity contribution in [3.8, 4) is 0 Å². The molecular formula is C20H34N2O4. The van der Waals surface area contributed by atoms with Gasteiger partial charge in [0.2, 0.25) is 5.91 Å². The minimum absolute atomic E-state index is 0.00264. The van der Waals surface area contributed by atoms with Gasteiger partial charge in [0.1, 0.15) is 6.10 Å². The summed E-state index contributed by atoms with van der Waals surface area (Å²) in [6.45, 7) is 9.58. The third-order valence-electron chi connectivity index (χ3n) is 5.37. The Kier molecular flexibility index (Phi) is 7.94. The van der Waals surface area contributed by atoms with E-state index < -0.39 is 6.10 Å². The molecule has 26 heavy (non-hydrogen) atoms. The van der Waals surface area contributed by atoms with Gasteiger partial charge in [0, 0.05) is 19.2 Å². The molecule has 0 aromatic heterocycles. The minimum Gasteiger partial charge on any atom is -0.442 e. The fraction of sp³-hybridized carbons (Fsp3) is 0.800. The van der Waals surface area contributed by atoms with Crippen LogP contribution >= 0.6 is 0 Å². The molecule has 2 aliphatic heterocycles. The summed E-state index contributed by atoms with van der Waals surface area (Å²) in [5.74, 6) is 0.253. The van der Waals surface area contributed by atoms with Crippen LogP contribution in [0.4, 0.5) is 4.79 Å². The summed E-state index contributed by atoms with van der Waals surface area (Å²) in [7, 11) is 0. The van der Waals surface area contributed by atoms with E-state index in [4.69, 9.17) is 9.47 Å². The van der Waals surface area contributed by atoms with Crippen LogP contribution in [-0.2, 0) is 14.3 Å². The van der Waals surface area contributed by atoms with E-state index in [1.807, 2.05) is 6.92 Å². The van der Waals surface area contributed by atoms with Gasteiger partial charge in [-0.3, -0.25) is 4.79 Å². The fourth-order valence-electron chi connectivity index (χ4n) is 3.73. The molecule has 2 heterocycles. The van der Waals surface area contributed by atoms with Crippen molar-refractivity contribution in [2.24, 2.45) is 5.92 Å². The summed E-state index contributed by atoms with van der Waals surface area (Å²) < 4.78 is 11.4. The highest BCUT2D eigenvalue weighted by atomic mass is 16.6. The zero-order valence-electron chi connectivity index (χ0n) is 16.6. The quantitative estimate of drug-likeness (QED) is 0.759. The van der Waals surface area contributed by atoms with Gasteiger partial charge in [-0.05, 0) is 57.9 Å². The molecule has 2 fully saturated rings. The monoisotopic (exact) mass is 366 g/mol. The lowest BCUT2D eigenvalue weighted by Crippen LogP contribution is -2.50.